The van der Waals surface area contributed by atoms with E-state index in [2.05, 4.69) is 0 Å². The van der Waals surface area contributed by atoms with Crippen molar-refractivity contribution in [3.05, 3.63) is 64.4 Å². The Bertz CT molecular complexity index is 789. The fourth-order valence-corrected chi connectivity index (χ4v) is 3.70. The van der Waals surface area contributed by atoms with E-state index in [1.165, 1.54) is 12.1 Å². The lowest BCUT2D eigenvalue weighted by atomic mass is 9.63. The van der Waals surface area contributed by atoms with Gasteiger partial charge in [-0.2, -0.15) is 0 Å². The van der Waals surface area contributed by atoms with Crippen LogP contribution in [0.4, 0.5) is 4.39 Å². The van der Waals surface area contributed by atoms with Crippen LogP contribution in [0.5, 0.6) is 5.75 Å². The maximum absolute atomic E-state index is 13.7. The number of hydrogen-bond donors (Lipinski definition) is 0. The zero-order valence-electron chi connectivity index (χ0n) is 14.4. The summed E-state index contributed by atoms with van der Waals surface area (Å²) < 4.78 is 19.0. The van der Waals surface area contributed by atoms with Crippen molar-refractivity contribution in [2.75, 3.05) is 14.2 Å². The number of rotatable bonds is 5. The third-order valence-corrected chi connectivity index (χ3v) is 5.23. The lowest BCUT2D eigenvalue weighted by Crippen LogP contribution is -2.49. The van der Waals surface area contributed by atoms with Crippen molar-refractivity contribution < 1.29 is 13.9 Å². The number of halogens is 2. The van der Waals surface area contributed by atoms with Crippen LogP contribution >= 0.6 is 11.6 Å². The van der Waals surface area contributed by atoms with Gasteiger partial charge in [-0.1, -0.05) is 30.2 Å². The summed E-state index contributed by atoms with van der Waals surface area (Å²) in [6.07, 6.45) is 2.45. The average Bonchev–Trinajstić information content (AvgIpc) is 2.54. The summed E-state index contributed by atoms with van der Waals surface area (Å²) in [5, 5.41) is 0.597. The molecule has 0 spiro atoms. The number of carbonyl (C=O) groups excluding carboxylic acids is 1. The van der Waals surface area contributed by atoms with Crippen LogP contribution < -0.4 is 4.74 Å². The molecule has 1 aliphatic carbocycles. The Labute approximate surface area is 152 Å². The quantitative estimate of drug-likeness (QED) is 0.780. The van der Waals surface area contributed by atoms with Gasteiger partial charge in [0.2, 0.25) is 5.91 Å². The van der Waals surface area contributed by atoms with E-state index in [4.69, 9.17) is 16.3 Å². The number of methoxy groups -OCH3 is 1. The molecular weight excluding hydrogens is 341 g/mol. The molecule has 0 saturated heterocycles. The molecule has 1 aliphatic rings. The minimum Gasteiger partial charge on any atom is -0.496 e. The monoisotopic (exact) mass is 361 g/mol. The van der Waals surface area contributed by atoms with E-state index in [1.54, 1.807) is 43.3 Å². The summed E-state index contributed by atoms with van der Waals surface area (Å²) in [5.41, 5.74) is 0.982. The second kappa shape index (κ2) is 7.04. The maximum atomic E-state index is 13.7. The first-order valence-corrected chi connectivity index (χ1v) is 8.68. The number of amides is 1. The van der Waals surface area contributed by atoms with Gasteiger partial charge in [0, 0.05) is 24.2 Å². The van der Waals surface area contributed by atoms with Crippen LogP contribution in [0.2, 0.25) is 5.02 Å². The van der Waals surface area contributed by atoms with Crippen molar-refractivity contribution >= 4 is 17.5 Å². The summed E-state index contributed by atoms with van der Waals surface area (Å²) >= 11 is 6.08. The minimum absolute atomic E-state index is 0.00591. The van der Waals surface area contributed by atoms with E-state index < -0.39 is 5.41 Å². The predicted molar refractivity (Wildman–Crippen MR) is 96.4 cm³/mol. The van der Waals surface area contributed by atoms with Crippen LogP contribution in [0.3, 0.4) is 0 Å². The zero-order valence-corrected chi connectivity index (χ0v) is 15.1. The van der Waals surface area contributed by atoms with E-state index in [1.807, 2.05) is 6.07 Å². The highest BCUT2D eigenvalue weighted by Crippen LogP contribution is 2.45. The lowest BCUT2D eigenvalue weighted by molar-refractivity contribution is -0.140. The van der Waals surface area contributed by atoms with E-state index >= 15 is 0 Å². The molecule has 3 nitrogen and oxygen atoms in total. The number of nitrogens with zero attached hydrogens (tertiary/aromatic N) is 1. The molecule has 0 unspecified atom stereocenters. The molecular formula is C20H21ClFNO2. The van der Waals surface area contributed by atoms with Crippen LogP contribution in [0.1, 0.15) is 30.4 Å². The lowest BCUT2D eigenvalue weighted by Gasteiger charge is -2.43. The van der Waals surface area contributed by atoms with E-state index in [-0.39, 0.29) is 11.7 Å². The van der Waals surface area contributed by atoms with Gasteiger partial charge in [-0.25, -0.2) is 4.39 Å². The van der Waals surface area contributed by atoms with Crippen LogP contribution in [0, 0.1) is 5.82 Å². The average molecular weight is 362 g/mol. The van der Waals surface area contributed by atoms with Crippen molar-refractivity contribution in [2.24, 2.45) is 0 Å². The van der Waals surface area contributed by atoms with Gasteiger partial charge in [-0.05, 0) is 48.7 Å². The Morgan fingerprint density at radius 2 is 2.04 bits per heavy atom. The fourth-order valence-electron chi connectivity index (χ4n) is 3.51. The van der Waals surface area contributed by atoms with Crippen LogP contribution in [-0.4, -0.2) is 25.0 Å². The van der Waals surface area contributed by atoms with Gasteiger partial charge in [-0.15, -0.1) is 0 Å². The molecule has 1 fully saturated rings. The Kier molecular flexibility index (Phi) is 5.00. The van der Waals surface area contributed by atoms with E-state index in [9.17, 15) is 9.18 Å². The number of likely N-dealkylation sites (N-methyl/N-ethyl adjacent to an activating group) is 1. The summed E-state index contributed by atoms with van der Waals surface area (Å²) in [6.45, 7) is 0.389. The van der Waals surface area contributed by atoms with Crippen LogP contribution in [0.15, 0.2) is 42.5 Å². The van der Waals surface area contributed by atoms with Gasteiger partial charge < -0.3 is 9.64 Å². The Balaban J connectivity index is 1.85. The molecule has 0 atom stereocenters. The zero-order chi connectivity index (χ0) is 18.0. The number of hydrogen-bond acceptors (Lipinski definition) is 2. The summed E-state index contributed by atoms with van der Waals surface area (Å²) in [4.78, 5) is 14.9. The first-order chi connectivity index (χ1) is 12.0. The third-order valence-electron chi connectivity index (χ3n) is 4.99. The van der Waals surface area contributed by atoms with Crippen LogP contribution in [0.25, 0.3) is 0 Å². The highest BCUT2D eigenvalue weighted by molar-refractivity contribution is 6.30. The number of ether oxygens (including phenoxy) is 1. The molecule has 0 N–H and O–H groups in total. The van der Waals surface area contributed by atoms with Gasteiger partial charge in [0.15, 0.2) is 0 Å². The molecule has 3 rings (SSSR count). The first-order valence-electron chi connectivity index (χ1n) is 8.30. The van der Waals surface area contributed by atoms with Crippen molar-refractivity contribution in [3.63, 3.8) is 0 Å². The Morgan fingerprint density at radius 3 is 2.64 bits per heavy atom. The molecule has 132 valence electrons. The SMILES string of the molecule is COc1ccc(Cl)cc1CN(C)C(=O)C1(c2cccc(F)c2)CCC1. The molecule has 0 bridgehead atoms. The largest absolute Gasteiger partial charge is 0.496 e. The highest BCUT2D eigenvalue weighted by Gasteiger charge is 2.47. The molecule has 25 heavy (non-hydrogen) atoms. The van der Waals surface area contributed by atoms with Gasteiger partial charge in [0.05, 0.1) is 12.5 Å². The molecule has 1 amide bonds. The van der Waals surface area contributed by atoms with Gasteiger partial charge >= 0.3 is 0 Å². The normalized spacial score (nSPS) is 15.4. The van der Waals surface area contributed by atoms with E-state index in [0.717, 1.165) is 30.4 Å². The van der Waals surface area contributed by atoms with E-state index in [0.29, 0.717) is 17.3 Å². The molecule has 5 heteroatoms. The highest BCUT2D eigenvalue weighted by atomic mass is 35.5. The molecule has 0 aromatic heterocycles. The maximum Gasteiger partial charge on any atom is 0.233 e. The summed E-state index contributed by atoms with van der Waals surface area (Å²) in [5.74, 6) is 0.389. The summed E-state index contributed by atoms with van der Waals surface area (Å²) in [6, 6.07) is 11.7. The molecule has 0 heterocycles. The molecule has 0 radical (unpaired) electrons. The smallest absolute Gasteiger partial charge is 0.233 e. The third kappa shape index (κ3) is 3.36. The topological polar surface area (TPSA) is 29.5 Å². The fraction of sp³-hybridized carbons (Fsp3) is 0.350. The van der Waals surface area contributed by atoms with Crippen molar-refractivity contribution in [2.45, 2.75) is 31.2 Å². The van der Waals surface area contributed by atoms with Gasteiger partial charge in [-0.3, -0.25) is 4.79 Å². The predicted octanol–water partition coefficient (Wildman–Crippen LogP) is 4.57. The van der Waals surface area contributed by atoms with Crippen LogP contribution in [-0.2, 0) is 16.8 Å². The molecule has 1 saturated carbocycles. The summed E-state index contributed by atoms with van der Waals surface area (Å²) in [7, 11) is 3.36. The second-order valence-electron chi connectivity index (χ2n) is 6.56. The number of benzene rings is 2. The Hall–Kier alpha value is -2.07. The van der Waals surface area contributed by atoms with Crippen molar-refractivity contribution in [1.29, 1.82) is 0 Å². The molecule has 0 aliphatic heterocycles. The first kappa shape index (κ1) is 17.7. The molecule has 2 aromatic rings. The number of carbonyl (C=O) groups is 1. The standard InChI is InChI=1S/C20H21ClFNO2/c1-23(13-14-11-16(21)7-8-18(14)25-2)19(24)20(9-4-10-20)15-5-3-6-17(22)12-15/h3,5-8,11-12H,4,9-10,13H2,1-2H3. The van der Waals surface area contributed by atoms with Crippen molar-refractivity contribution in [3.8, 4) is 5.75 Å². The molecule has 2 aromatic carbocycles. The minimum atomic E-state index is -0.622. The van der Waals surface area contributed by atoms with Crippen molar-refractivity contribution in [1.82, 2.24) is 4.90 Å². The van der Waals surface area contributed by atoms with Gasteiger partial charge in [0.25, 0.3) is 0 Å². The van der Waals surface area contributed by atoms with Gasteiger partial charge in [0.1, 0.15) is 11.6 Å². The Morgan fingerprint density at radius 1 is 1.28 bits per heavy atom. The second-order valence-corrected chi connectivity index (χ2v) is 7.00.